The summed E-state index contributed by atoms with van der Waals surface area (Å²) in [7, 11) is 1.76. The number of nitrogens with zero attached hydrogens (tertiary/aromatic N) is 2. The number of thiophene rings is 1. The van der Waals surface area contributed by atoms with Crippen molar-refractivity contribution < 1.29 is 4.79 Å². The number of carbonyl (C=O) groups excluding carboxylic acids is 1. The molecule has 2 aromatic heterocycles. The van der Waals surface area contributed by atoms with Crippen LogP contribution in [0, 0.1) is 0 Å². The Hall–Kier alpha value is -1.34. The average Bonchev–Trinajstić information content (AvgIpc) is 3.23. The Bertz CT molecular complexity index is 865. The molecule has 2 aliphatic rings. The second-order valence-corrected chi connectivity index (χ2v) is 9.01. The van der Waals surface area contributed by atoms with Crippen molar-refractivity contribution in [2.75, 3.05) is 5.75 Å². The van der Waals surface area contributed by atoms with Gasteiger partial charge in [0.25, 0.3) is 5.56 Å². The molecule has 2 aliphatic carbocycles. The predicted molar refractivity (Wildman–Crippen MR) is 103 cm³/mol. The van der Waals surface area contributed by atoms with Gasteiger partial charge in [0.2, 0.25) is 5.91 Å². The smallest absolute Gasteiger partial charge is 0.262 e. The van der Waals surface area contributed by atoms with Gasteiger partial charge in [0.15, 0.2) is 5.16 Å². The summed E-state index contributed by atoms with van der Waals surface area (Å²) >= 11 is 3.02. The molecule has 0 spiro atoms. The van der Waals surface area contributed by atoms with Crippen molar-refractivity contribution in [3.8, 4) is 0 Å². The third-order valence-electron chi connectivity index (χ3n) is 5.21. The predicted octanol–water partition coefficient (Wildman–Crippen LogP) is 3.02. The molecular formula is C18H23N3O2S2. The summed E-state index contributed by atoms with van der Waals surface area (Å²) in [6.07, 6.45) is 8.97. The van der Waals surface area contributed by atoms with Crippen LogP contribution in [0.25, 0.3) is 10.2 Å². The number of hydrogen-bond donors (Lipinski definition) is 1. The first-order valence-corrected chi connectivity index (χ1v) is 10.9. The van der Waals surface area contributed by atoms with E-state index in [0.717, 1.165) is 42.3 Å². The Labute approximate surface area is 155 Å². The molecule has 0 saturated heterocycles. The Morgan fingerprint density at radius 1 is 1.28 bits per heavy atom. The molecule has 0 atom stereocenters. The van der Waals surface area contributed by atoms with Crippen LogP contribution in [0.15, 0.2) is 9.95 Å². The van der Waals surface area contributed by atoms with Gasteiger partial charge in [-0.3, -0.25) is 14.2 Å². The number of amides is 1. The molecule has 4 rings (SSSR count). The number of aromatic nitrogens is 2. The van der Waals surface area contributed by atoms with Crippen LogP contribution in [0.4, 0.5) is 0 Å². The maximum Gasteiger partial charge on any atom is 0.262 e. The highest BCUT2D eigenvalue weighted by Gasteiger charge is 2.22. The lowest BCUT2D eigenvalue weighted by Crippen LogP contribution is -2.34. The van der Waals surface area contributed by atoms with Crippen LogP contribution in [0.1, 0.15) is 49.0 Å². The molecular weight excluding hydrogens is 354 g/mol. The van der Waals surface area contributed by atoms with Crippen molar-refractivity contribution in [1.29, 1.82) is 0 Å². The van der Waals surface area contributed by atoms with E-state index < -0.39 is 0 Å². The molecule has 25 heavy (non-hydrogen) atoms. The van der Waals surface area contributed by atoms with E-state index in [1.807, 2.05) is 0 Å². The number of nitrogens with one attached hydrogen (secondary N) is 1. The van der Waals surface area contributed by atoms with E-state index in [2.05, 4.69) is 5.32 Å². The fourth-order valence-corrected chi connectivity index (χ4v) is 5.95. The van der Waals surface area contributed by atoms with Crippen LogP contribution in [-0.4, -0.2) is 27.3 Å². The molecule has 1 fully saturated rings. The van der Waals surface area contributed by atoms with Gasteiger partial charge in [-0.15, -0.1) is 11.3 Å². The first kappa shape index (κ1) is 17.1. The number of hydrogen-bond acceptors (Lipinski definition) is 5. The largest absolute Gasteiger partial charge is 0.353 e. The lowest BCUT2D eigenvalue weighted by Gasteiger charge is -2.12. The van der Waals surface area contributed by atoms with E-state index in [4.69, 9.17) is 4.98 Å². The highest BCUT2D eigenvalue weighted by Crippen LogP contribution is 2.34. The molecule has 0 bridgehead atoms. The van der Waals surface area contributed by atoms with E-state index in [0.29, 0.717) is 17.0 Å². The molecule has 0 radical (unpaired) electrons. The Kier molecular flexibility index (Phi) is 4.86. The van der Waals surface area contributed by atoms with Crippen molar-refractivity contribution in [3.63, 3.8) is 0 Å². The van der Waals surface area contributed by atoms with Gasteiger partial charge >= 0.3 is 0 Å². The zero-order chi connectivity index (χ0) is 17.4. The van der Waals surface area contributed by atoms with Crippen LogP contribution >= 0.6 is 23.1 Å². The lowest BCUT2D eigenvalue weighted by atomic mass is 9.97. The minimum atomic E-state index is 0.0306. The molecule has 2 aromatic rings. The minimum Gasteiger partial charge on any atom is -0.353 e. The quantitative estimate of drug-likeness (QED) is 0.657. The van der Waals surface area contributed by atoms with E-state index >= 15 is 0 Å². The fourth-order valence-electron chi connectivity index (χ4n) is 3.87. The molecule has 2 heterocycles. The maximum atomic E-state index is 12.8. The van der Waals surface area contributed by atoms with E-state index in [1.54, 1.807) is 23.0 Å². The van der Waals surface area contributed by atoms with E-state index in [1.165, 1.54) is 41.5 Å². The SMILES string of the molecule is Cn1c(SCC(=O)NC2CCCC2)nc2sc3c(c2c1=O)CCCC3. The zero-order valence-electron chi connectivity index (χ0n) is 14.5. The number of rotatable bonds is 4. The van der Waals surface area contributed by atoms with Crippen molar-refractivity contribution in [2.45, 2.75) is 62.6 Å². The summed E-state index contributed by atoms with van der Waals surface area (Å²) < 4.78 is 1.61. The summed E-state index contributed by atoms with van der Waals surface area (Å²) in [5.74, 6) is 0.352. The van der Waals surface area contributed by atoms with Crippen molar-refractivity contribution in [3.05, 3.63) is 20.8 Å². The fraction of sp³-hybridized carbons (Fsp3) is 0.611. The van der Waals surface area contributed by atoms with Crippen LogP contribution in [0.3, 0.4) is 0 Å². The van der Waals surface area contributed by atoms with Gasteiger partial charge < -0.3 is 5.32 Å². The molecule has 0 aromatic carbocycles. The van der Waals surface area contributed by atoms with Gasteiger partial charge in [-0.2, -0.15) is 0 Å². The summed E-state index contributed by atoms with van der Waals surface area (Å²) in [6, 6.07) is 0.330. The Morgan fingerprint density at radius 2 is 2.04 bits per heavy atom. The minimum absolute atomic E-state index is 0.0306. The zero-order valence-corrected chi connectivity index (χ0v) is 16.1. The van der Waals surface area contributed by atoms with Crippen LogP contribution < -0.4 is 10.9 Å². The highest BCUT2D eigenvalue weighted by molar-refractivity contribution is 7.99. The second-order valence-electron chi connectivity index (χ2n) is 6.99. The Morgan fingerprint density at radius 3 is 2.84 bits per heavy atom. The van der Waals surface area contributed by atoms with Gasteiger partial charge in [-0.25, -0.2) is 4.98 Å². The van der Waals surface area contributed by atoms with Gasteiger partial charge in [0, 0.05) is 18.0 Å². The Balaban J connectivity index is 1.54. The number of fused-ring (bicyclic) bond motifs is 3. The summed E-state index contributed by atoms with van der Waals surface area (Å²) in [4.78, 5) is 31.8. The first-order chi connectivity index (χ1) is 12.1. The number of aryl methyl sites for hydroxylation is 2. The molecule has 134 valence electrons. The molecule has 0 aliphatic heterocycles. The van der Waals surface area contributed by atoms with Crippen molar-refractivity contribution >= 4 is 39.2 Å². The highest BCUT2D eigenvalue weighted by atomic mass is 32.2. The molecule has 0 unspecified atom stereocenters. The molecule has 7 heteroatoms. The monoisotopic (exact) mass is 377 g/mol. The normalized spacial score (nSPS) is 17.8. The summed E-state index contributed by atoms with van der Waals surface area (Å²) in [5.41, 5.74) is 1.25. The lowest BCUT2D eigenvalue weighted by molar-refractivity contribution is -0.119. The first-order valence-electron chi connectivity index (χ1n) is 9.07. The van der Waals surface area contributed by atoms with Gasteiger partial charge in [0.05, 0.1) is 11.1 Å². The topological polar surface area (TPSA) is 64.0 Å². The standard InChI is InChI=1S/C18H23N3O2S2/c1-21-17(23)15-12-8-4-5-9-13(12)25-16(15)20-18(21)24-10-14(22)19-11-6-2-3-7-11/h11H,2-10H2,1H3,(H,19,22). The summed E-state index contributed by atoms with van der Waals surface area (Å²) in [6.45, 7) is 0. The van der Waals surface area contributed by atoms with Gasteiger partial charge in [-0.05, 0) is 44.1 Å². The van der Waals surface area contributed by atoms with Crippen LogP contribution in [-0.2, 0) is 24.7 Å². The molecule has 1 N–H and O–H groups in total. The summed E-state index contributed by atoms with van der Waals surface area (Å²) in [5, 5.41) is 4.53. The third kappa shape index (κ3) is 3.36. The number of thioether (sulfide) groups is 1. The van der Waals surface area contributed by atoms with Crippen LogP contribution in [0.5, 0.6) is 0 Å². The molecule has 1 amide bonds. The second kappa shape index (κ2) is 7.11. The molecule has 1 saturated carbocycles. The maximum absolute atomic E-state index is 12.8. The van der Waals surface area contributed by atoms with Crippen molar-refractivity contribution in [2.24, 2.45) is 7.05 Å². The van der Waals surface area contributed by atoms with Gasteiger partial charge in [-0.1, -0.05) is 24.6 Å². The van der Waals surface area contributed by atoms with Crippen LogP contribution in [0.2, 0.25) is 0 Å². The number of carbonyl (C=O) groups is 1. The average molecular weight is 378 g/mol. The third-order valence-corrected chi connectivity index (χ3v) is 7.42. The van der Waals surface area contributed by atoms with E-state index in [-0.39, 0.29) is 11.5 Å². The van der Waals surface area contributed by atoms with Crippen molar-refractivity contribution in [1.82, 2.24) is 14.9 Å². The van der Waals surface area contributed by atoms with Gasteiger partial charge in [0.1, 0.15) is 4.83 Å². The molecule has 5 nitrogen and oxygen atoms in total. The van der Waals surface area contributed by atoms with E-state index in [9.17, 15) is 9.59 Å².